The Morgan fingerprint density at radius 2 is 1.57 bits per heavy atom. The molecule has 4 heteroatoms. The molecule has 5 aliphatic rings. The molecule has 0 aromatic rings. The van der Waals surface area contributed by atoms with Crippen LogP contribution < -0.4 is 5.32 Å². The van der Waals surface area contributed by atoms with Gasteiger partial charge in [-0.1, -0.05) is 0 Å². The number of hydrogen-bond donors (Lipinski definition) is 1. The molecule has 0 spiro atoms. The van der Waals surface area contributed by atoms with Gasteiger partial charge in [-0.2, -0.15) is 0 Å². The highest BCUT2D eigenvalue weighted by molar-refractivity contribution is 5.85. The van der Waals surface area contributed by atoms with Crippen molar-refractivity contribution in [3.05, 3.63) is 0 Å². The van der Waals surface area contributed by atoms with Crippen LogP contribution in [0.5, 0.6) is 0 Å². The molecule has 0 radical (unpaired) electrons. The van der Waals surface area contributed by atoms with Gasteiger partial charge in [-0.15, -0.1) is 12.4 Å². The Morgan fingerprint density at radius 1 is 1.04 bits per heavy atom. The van der Waals surface area contributed by atoms with E-state index in [9.17, 15) is 4.79 Å². The Morgan fingerprint density at radius 3 is 2.04 bits per heavy atom. The standard InChI is InChI=1S/C19H32N2O.ClH/c1-20-5-2-14-3-6-21(7-4-14)18(22)19-11-15-8-16(12-19)10-17(9-15)13-19;/h14-17,20H,2-13H2,1H3;1H. The molecular weight excluding hydrogens is 308 g/mol. The molecule has 0 aromatic heterocycles. The van der Waals surface area contributed by atoms with Crippen LogP contribution in [0.2, 0.25) is 0 Å². The molecule has 3 nitrogen and oxygen atoms in total. The summed E-state index contributed by atoms with van der Waals surface area (Å²) in [6.45, 7) is 3.16. The van der Waals surface area contributed by atoms with Crippen molar-refractivity contribution < 1.29 is 4.79 Å². The van der Waals surface area contributed by atoms with Gasteiger partial charge in [0.1, 0.15) is 0 Å². The highest BCUT2D eigenvalue weighted by Gasteiger charge is 2.55. The van der Waals surface area contributed by atoms with Crippen LogP contribution in [0.4, 0.5) is 0 Å². The smallest absolute Gasteiger partial charge is 0.228 e. The maximum atomic E-state index is 13.3. The molecular formula is C19H33ClN2O. The van der Waals surface area contributed by atoms with Crippen molar-refractivity contribution in [2.75, 3.05) is 26.7 Å². The number of carbonyl (C=O) groups is 1. The monoisotopic (exact) mass is 340 g/mol. The predicted molar refractivity (Wildman–Crippen MR) is 95.7 cm³/mol. The van der Waals surface area contributed by atoms with E-state index in [1.807, 2.05) is 7.05 Å². The third-order valence-electron chi connectivity index (χ3n) is 7.20. The highest BCUT2D eigenvalue weighted by atomic mass is 35.5. The number of nitrogens with zero attached hydrogens (tertiary/aromatic N) is 1. The number of nitrogens with one attached hydrogen (secondary N) is 1. The summed E-state index contributed by atoms with van der Waals surface area (Å²) in [5, 5.41) is 3.26. The number of likely N-dealkylation sites (tertiary alicyclic amines) is 1. The van der Waals surface area contributed by atoms with Crippen LogP contribution in [0.1, 0.15) is 57.8 Å². The van der Waals surface area contributed by atoms with Crippen LogP contribution in [0.3, 0.4) is 0 Å². The topological polar surface area (TPSA) is 32.3 Å². The molecule has 1 saturated heterocycles. The third kappa shape index (κ3) is 3.28. The van der Waals surface area contributed by atoms with E-state index in [2.05, 4.69) is 10.2 Å². The number of rotatable bonds is 4. The molecule has 23 heavy (non-hydrogen) atoms. The highest BCUT2D eigenvalue weighted by Crippen LogP contribution is 2.60. The van der Waals surface area contributed by atoms with Crippen molar-refractivity contribution in [1.82, 2.24) is 10.2 Å². The molecule has 4 aliphatic carbocycles. The molecule has 4 saturated carbocycles. The first-order chi connectivity index (χ1) is 10.7. The molecule has 132 valence electrons. The molecule has 1 amide bonds. The van der Waals surface area contributed by atoms with Crippen molar-refractivity contribution in [1.29, 1.82) is 0 Å². The second kappa shape index (κ2) is 6.92. The lowest BCUT2D eigenvalue weighted by Gasteiger charge is -2.57. The van der Waals surface area contributed by atoms with Gasteiger partial charge >= 0.3 is 0 Å². The molecule has 0 aromatic carbocycles. The second-order valence-electron chi connectivity index (χ2n) is 8.83. The molecule has 1 aliphatic heterocycles. The van der Waals surface area contributed by atoms with Gasteiger partial charge in [0.15, 0.2) is 0 Å². The first-order valence-corrected chi connectivity index (χ1v) is 9.62. The number of amides is 1. The Labute approximate surface area is 147 Å². The molecule has 4 bridgehead atoms. The summed E-state index contributed by atoms with van der Waals surface area (Å²) in [7, 11) is 2.03. The fraction of sp³-hybridized carbons (Fsp3) is 0.947. The summed E-state index contributed by atoms with van der Waals surface area (Å²) < 4.78 is 0. The first kappa shape index (κ1) is 17.5. The zero-order chi connectivity index (χ0) is 15.2. The van der Waals surface area contributed by atoms with Gasteiger partial charge in [0.25, 0.3) is 0 Å². The molecule has 0 unspecified atom stereocenters. The quantitative estimate of drug-likeness (QED) is 0.849. The SMILES string of the molecule is CNCCC1CCN(C(=O)C23CC4CC(CC(C4)C2)C3)CC1.Cl. The van der Waals surface area contributed by atoms with Crippen molar-refractivity contribution in [3.63, 3.8) is 0 Å². The van der Waals surface area contributed by atoms with Crippen LogP contribution >= 0.6 is 12.4 Å². The van der Waals surface area contributed by atoms with Crippen molar-refractivity contribution >= 4 is 18.3 Å². The zero-order valence-corrected chi connectivity index (χ0v) is 15.4. The van der Waals surface area contributed by atoms with Crippen molar-refractivity contribution in [3.8, 4) is 0 Å². The minimum absolute atomic E-state index is 0. The van der Waals surface area contributed by atoms with Gasteiger partial charge in [0, 0.05) is 13.1 Å². The van der Waals surface area contributed by atoms with E-state index in [0.29, 0.717) is 5.91 Å². The van der Waals surface area contributed by atoms with Crippen LogP contribution in [0.15, 0.2) is 0 Å². The number of carbonyl (C=O) groups excluding carboxylic acids is 1. The Bertz CT molecular complexity index is 396. The summed E-state index contributed by atoms with van der Waals surface area (Å²) >= 11 is 0. The van der Waals surface area contributed by atoms with E-state index in [0.717, 1.165) is 43.3 Å². The summed E-state index contributed by atoms with van der Waals surface area (Å²) in [5.41, 5.74) is 0.0760. The lowest BCUT2D eigenvalue weighted by molar-refractivity contribution is -0.159. The van der Waals surface area contributed by atoms with Crippen molar-refractivity contribution in [2.24, 2.45) is 29.1 Å². The minimum Gasteiger partial charge on any atom is -0.342 e. The van der Waals surface area contributed by atoms with E-state index >= 15 is 0 Å². The minimum atomic E-state index is 0. The Balaban J connectivity index is 0.00000156. The van der Waals surface area contributed by atoms with Gasteiger partial charge in [-0.3, -0.25) is 4.79 Å². The zero-order valence-electron chi connectivity index (χ0n) is 14.6. The molecule has 5 fully saturated rings. The maximum absolute atomic E-state index is 13.3. The molecule has 5 rings (SSSR count). The third-order valence-corrected chi connectivity index (χ3v) is 7.20. The van der Waals surface area contributed by atoms with Gasteiger partial charge < -0.3 is 10.2 Å². The van der Waals surface area contributed by atoms with Crippen molar-refractivity contribution in [2.45, 2.75) is 57.8 Å². The molecule has 1 N–H and O–H groups in total. The van der Waals surface area contributed by atoms with E-state index in [1.165, 1.54) is 57.8 Å². The van der Waals surface area contributed by atoms with Gasteiger partial charge in [-0.05, 0) is 95.1 Å². The summed E-state index contributed by atoms with van der Waals surface area (Å²) in [6.07, 6.45) is 11.7. The van der Waals surface area contributed by atoms with Gasteiger partial charge in [-0.25, -0.2) is 0 Å². The van der Waals surface area contributed by atoms with E-state index in [4.69, 9.17) is 0 Å². The van der Waals surface area contributed by atoms with Crippen LogP contribution in [-0.2, 0) is 4.79 Å². The summed E-state index contributed by atoms with van der Waals surface area (Å²) in [6, 6.07) is 0. The average Bonchev–Trinajstić information content (AvgIpc) is 2.51. The van der Waals surface area contributed by atoms with E-state index in [-0.39, 0.29) is 17.8 Å². The largest absolute Gasteiger partial charge is 0.342 e. The summed E-state index contributed by atoms with van der Waals surface area (Å²) in [5.74, 6) is 4.02. The maximum Gasteiger partial charge on any atom is 0.228 e. The van der Waals surface area contributed by atoms with Gasteiger partial charge in [0.2, 0.25) is 5.91 Å². The second-order valence-corrected chi connectivity index (χ2v) is 8.83. The average molecular weight is 341 g/mol. The normalized spacial score (nSPS) is 39.3. The van der Waals surface area contributed by atoms with E-state index in [1.54, 1.807) is 0 Å². The number of halogens is 1. The lowest BCUT2D eigenvalue weighted by Crippen LogP contribution is -2.55. The number of piperidine rings is 1. The number of hydrogen-bond acceptors (Lipinski definition) is 2. The van der Waals surface area contributed by atoms with Crippen LogP contribution in [-0.4, -0.2) is 37.5 Å². The summed E-state index contributed by atoms with van der Waals surface area (Å²) in [4.78, 5) is 15.5. The predicted octanol–water partition coefficient (Wildman–Crippen LogP) is 3.47. The fourth-order valence-corrected chi connectivity index (χ4v) is 6.48. The van der Waals surface area contributed by atoms with Crippen LogP contribution in [0.25, 0.3) is 0 Å². The Hall–Kier alpha value is -0.280. The van der Waals surface area contributed by atoms with E-state index < -0.39 is 0 Å². The lowest BCUT2D eigenvalue weighted by atomic mass is 9.49. The molecule has 0 atom stereocenters. The fourth-order valence-electron chi connectivity index (χ4n) is 6.48. The van der Waals surface area contributed by atoms with Gasteiger partial charge in [0.05, 0.1) is 5.41 Å². The Kier molecular flexibility index (Phi) is 5.27. The molecule has 1 heterocycles. The first-order valence-electron chi connectivity index (χ1n) is 9.62. The van der Waals surface area contributed by atoms with Crippen LogP contribution in [0, 0.1) is 29.1 Å².